The molecule has 0 aliphatic heterocycles. The minimum Gasteiger partial charge on any atom is -0.212 e. The van der Waals surface area contributed by atoms with Gasteiger partial charge >= 0.3 is 0 Å². The minimum atomic E-state index is -3.05. The van der Waals surface area contributed by atoms with E-state index in [1.807, 2.05) is 0 Å². The van der Waals surface area contributed by atoms with Gasteiger partial charge in [0.15, 0.2) is 0 Å². The van der Waals surface area contributed by atoms with Crippen LogP contribution in [0, 0.1) is 5.92 Å². The van der Waals surface area contributed by atoms with Gasteiger partial charge in [0, 0.05) is 10.9 Å². The Morgan fingerprint density at radius 3 is 2.25 bits per heavy atom. The number of alkyl halides is 1. The van der Waals surface area contributed by atoms with Gasteiger partial charge in [0.05, 0.1) is 5.25 Å². The van der Waals surface area contributed by atoms with Gasteiger partial charge in [-0.15, -0.1) is 0 Å². The van der Waals surface area contributed by atoms with Crippen LogP contribution in [0.3, 0.4) is 0 Å². The Morgan fingerprint density at radius 2 is 1.81 bits per heavy atom. The van der Waals surface area contributed by atoms with Crippen LogP contribution in [0.4, 0.5) is 0 Å². The van der Waals surface area contributed by atoms with Crippen molar-refractivity contribution in [2.75, 3.05) is 5.33 Å². The van der Waals surface area contributed by atoms with Gasteiger partial charge in [-0.25, -0.2) is 13.1 Å². The van der Waals surface area contributed by atoms with E-state index in [-0.39, 0.29) is 10.8 Å². The molecule has 0 unspecified atom stereocenters. The summed E-state index contributed by atoms with van der Waals surface area (Å²) < 4.78 is 26.9. The molecule has 0 aromatic heterocycles. The third kappa shape index (κ3) is 2.79. The predicted octanol–water partition coefficient (Wildman–Crippen LogP) is 2.41. The summed E-state index contributed by atoms with van der Waals surface area (Å²) in [5, 5.41) is 0.626. The summed E-state index contributed by atoms with van der Waals surface area (Å²) in [6.45, 7) is 2.24. The van der Waals surface area contributed by atoms with Gasteiger partial charge in [-0.05, 0) is 44.4 Å². The topological polar surface area (TPSA) is 46.2 Å². The van der Waals surface area contributed by atoms with E-state index in [1.165, 1.54) is 0 Å². The molecule has 1 N–H and O–H groups in total. The summed E-state index contributed by atoms with van der Waals surface area (Å²) in [4.78, 5) is 0. The first-order valence-electron chi connectivity index (χ1n) is 6.06. The highest BCUT2D eigenvalue weighted by molar-refractivity contribution is 9.09. The Bertz CT molecular complexity index is 343. The van der Waals surface area contributed by atoms with Crippen molar-refractivity contribution in [2.24, 2.45) is 5.92 Å². The summed E-state index contributed by atoms with van der Waals surface area (Å²) in [6.07, 6.45) is 5.85. The average molecular weight is 310 g/mol. The summed E-state index contributed by atoms with van der Waals surface area (Å²) in [5.41, 5.74) is -0.214. The van der Waals surface area contributed by atoms with Gasteiger partial charge in [-0.3, -0.25) is 0 Å². The zero-order valence-electron chi connectivity index (χ0n) is 9.71. The fourth-order valence-corrected chi connectivity index (χ4v) is 5.03. The zero-order valence-corrected chi connectivity index (χ0v) is 12.1. The Kier molecular flexibility index (Phi) is 3.67. The van der Waals surface area contributed by atoms with Crippen molar-refractivity contribution in [1.29, 1.82) is 0 Å². The molecule has 2 saturated carbocycles. The van der Waals surface area contributed by atoms with Crippen LogP contribution in [0.25, 0.3) is 0 Å². The van der Waals surface area contributed by atoms with E-state index in [9.17, 15) is 8.42 Å². The van der Waals surface area contributed by atoms with Crippen molar-refractivity contribution in [3.8, 4) is 0 Å². The highest BCUT2D eigenvalue weighted by atomic mass is 79.9. The Morgan fingerprint density at radius 1 is 1.25 bits per heavy atom. The number of halogens is 1. The molecule has 2 aliphatic rings. The van der Waals surface area contributed by atoms with Crippen molar-refractivity contribution in [3.05, 3.63) is 0 Å². The van der Waals surface area contributed by atoms with Crippen LogP contribution in [0.2, 0.25) is 0 Å². The van der Waals surface area contributed by atoms with Crippen LogP contribution in [0.5, 0.6) is 0 Å². The molecule has 5 heteroatoms. The summed E-state index contributed by atoms with van der Waals surface area (Å²) >= 11 is 3.48. The normalized spacial score (nSPS) is 36.2. The predicted molar refractivity (Wildman–Crippen MR) is 69.2 cm³/mol. The lowest BCUT2D eigenvalue weighted by Crippen LogP contribution is -2.52. The standard InChI is InChI=1S/C11H20BrNO2S/c1-9-4-6-11(8-12,7-5-9)13-16(14,15)10-2-3-10/h9-10,13H,2-8H2,1H3. The van der Waals surface area contributed by atoms with Crippen molar-refractivity contribution >= 4 is 26.0 Å². The van der Waals surface area contributed by atoms with Crippen LogP contribution in [-0.4, -0.2) is 24.5 Å². The van der Waals surface area contributed by atoms with Crippen molar-refractivity contribution in [2.45, 2.75) is 56.2 Å². The number of hydrogen-bond donors (Lipinski definition) is 1. The molecule has 0 spiro atoms. The molecular formula is C11H20BrNO2S. The van der Waals surface area contributed by atoms with Crippen molar-refractivity contribution in [1.82, 2.24) is 4.72 Å². The smallest absolute Gasteiger partial charge is 0.212 e. The van der Waals surface area contributed by atoms with Crippen LogP contribution in [0.15, 0.2) is 0 Å². The van der Waals surface area contributed by atoms with Gasteiger partial charge < -0.3 is 0 Å². The maximum absolute atomic E-state index is 12.0. The Balaban J connectivity index is 2.04. The molecule has 2 aliphatic carbocycles. The molecule has 0 saturated heterocycles. The fourth-order valence-electron chi connectivity index (χ4n) is 2.34. The lowest BCUT2D eigenvalue weighted by molar-refractivity contribution is 0.250. The van der Waals surface area contributed by atoms with Crippen LogP contribution in [0.1, 0.15) is 45.4 Å². The van der Waals surface area contributed by atoms with Crippen LogP contribution >= 0.6 is 15.9 Å². The van der Waals surface area contributed by atoms with E-state index in [0.29, 0.717) is 0 Å². The molecule has 0 aromatic rings. The number of sulfonamides is 1. The largest absolute Gasteiger partial charge is 0.215 e. The van der Waals surface area contributed by atoms with E-state index in [1.54, 1.807) is 0 Å². The van der Waals surface area contributed by atoms with Gasteiger partial charge in [-0.1, -0.05) is 22.9 Å². The van der Waals surface area contributed by atoms with Gasteiger partial charge in [0.25, 0.3) is 0 Å². The van der Waals surface area contributed by atoms with Gasteiger partial charge in [-0.2, -0.15) is 0 Å². The Labute approximate surface area is 107 Å². The second-order valence-electron chi connectivity index (χ2n) is 5.44. The monoisotopic (exact) mass is 309 g/mol. The highest BCUT2D eigenvalue weighted by Gasteiger charge is 2.42. The fraction of sp³-hybridized carbons (Fsp3) is 1.00. The molecule has 0 aromatic carbocycles. The van der Waals surface area contributed by atoms with Crippen LogP contribution < -0.4 is 4.72 Å². The van der Waals surface area contributed by atoms with Crippen molar-refractivity contribution in [3.63, 3.8) is 0 Å². The summed E-state index contributed by atoms with van der Waals surface area (Å²) in [5.74, 6) is 0.734. The molecule has 0 radical (unpaired) electrons. The molecule has 2 fully saturated rings. The number of hydrogen-bond acceptors (Lipinski definition) is 2. The second kappa shape index (κ2) is 4.58. The van der Waals surface area contributed by atoms with Crippen molar-refractivity contribution < 1.29 is 8.42 Å². The third-order valence-electron chi connectivity index (χ3n) is 3.81. The number of rotatable bonds is 4. The van der Waals surface area contributed by atoms with Crippen LogP contribution in [-0.2, 0) is 10.0 Å². The molecular weight excluding hydrogens is 290 g/mol. The SMILES string of the molecule is CC1CCC(CBr)(NS(=O)(=O)C2CC2)CC1. The second-order valence-corrected chi connectivity index (χ2v) is 7.96. The maximum Gasteiger partial charge on any atom is 0.215 e. The molecule has 0 amide bonds. The van der Waals surface area contributed by atoms with E-state index >= 15 is 0 Å². The third-order valence-corrected chi connectivity index (χ3v) is 6.95. The molecule has 2 rings (SSSR count). The maximum atomic E-state index is 12.0. The Hall–Kier alpha value is 0.390. The lowest BCUT2D eigenvalue weighted by Gasteiger charge is -2.38. The quantitative estimate of drug-likeness (QED) is 0.811. The minimum absolute atomic E-state index is 0.109. The van der Waals surface area contributed by atoms with E-state index in [4.69, 9.17) is 0 Å². The van der Waals surface area contributed by atoms with E-state index in [0.717, 1.165) is 49.8 Å². The summed E-state index contributed by atoms with van der Waals surface area (Å²) in [6, 6.07) is 0. The molecule has 3 nitrogen and oxygen atoms in total. The van der Waals surface area contributed by atoms with E-state index < -0.39 is 10.0 Å². The lowest BCUT2D eigenvalue weighted by atomic mass is 9.79. The number of nitrogens with one attached hydrogen (secondary N) is 1. The van der Waals surface area contributed by atoms with Gasteiger partial charge in [0.2, 0.25) is 10.0 Å². The van der Waals surface area contributed by atoms with E-state index in [2.05, 4.69) is 27.6 Å². The summed E-state index contributed by atoms with van der Waals surface area (Å²) in [7, 11) is -3.05. The molecule has 94 valence electrons. The van der Waals surface area contributed by atoms with Gasteiger partial charge in [0.1, 0.15) is 0 Å². The molecule has 0 heterocycles. The molecule has 0 bridgehead atoms. The zero-order chi connectivity index (χ0) is 11.8. The molecule has 16 heavy (non-hydrogen) atoms. The molecule has 0 atom stereocenters. The first-order chi connectivity index (χ1) is 7.47. The highest BCUT2D eigenvalue weighted by Crippen LogP contribution is 2.36. The first-order valence-corrected chi connectivity index (χ1v) is 8.73. The first kappa shape index (κ1) is 12.8. The average Bonchev–Trinajstić information content (AvgIpc) is 3.05.